The maximum atomic E-state index is 11.6. The molecule has 13 atom stereocenters. The molecule has 1 aliphatic carbocycles. The van der Waals surface area contributed by atoms with Gasteiger partial charge in [-0.05, 0) is 51.6 Å². The molecule has 0 bridgehead atoms. The first kappa shape index (κ1) is 34.5. The van der Waals surface area contributed by atoms with Gasteiger partial charge in [0.15, 0.2) is 6.29 Å². The number of nitrogens with two attached hydrogens (primary N) is 4. The van der Waals surface area contributed by atoms with Gasteiger partial charge in [0.25, 0.3) is 0 Å². The van der Waals surface area contributed by atoms with E-state index >= 15 is 0 Å². The zero-order chi connectivity index (χ0) is 30.3. The molecule has 2 heterocycles. The van der Waals surface area contributed by atoms with E-state index in [9.17, 15) is 20.4 Å². The van der Waals surface area contributed by atoms with Gasteiger partial charge >= 0.3 is 0 Å². The van der Waals surface area contributed by atoms with E-state index in [1.807, 2.05) is 6.08 Å². The van der Waals surface area contributed by atoms with Crippen LogP contribution in [0.3, 0.4) is 0 Å². The summed E-state index contributed by atoms with van der Waals surface area (Å²) in [6.07, 6.45) is -3.57. The normalized spacial score (nSPS) is 41.4. The smallest absolute Gasteiger partial charge is 0.215 e. The molecule has 0 aromatic rings. The van der Waals surface area contributed by atoms with E-state index in [2.05, 4.69) is 10.6 Å². The Hall–Kier alpha value is -1.02. The minimum atomic E-state index is -1.34. The monoisotopic (exact) mass is 592 g/mol. The summed E-state index contributed by atoms with van der Waals surface area (Å²) in [5.41, 5.74) is 22.8. The van der Waals surface area contributed by atoms with Crippen molar-refractivity contribution < 1.29 is 44.5 Å². The molecule has 15 nitrogen and oxygen atoms in total. The van der Waals surface area contributed by atoms with E-state index in [1.54, 1.807) is 14.0 Å². The first-order valence-corrected chi connectivity index (χ1v) is 14.4. The van der Waals surface area contributed by atoms with Crippen molar-refractivity contribution in [3.05, 3.63) is 11.8 Å². The van der Waals surface area contributed by atoms with E-state index < -0.39 is 72.9 Å². The maximum absolute atomic E-state index is 11.6. The van der Waals surface area contributed by atoms with E-state index in [0.29, 0.717) is 44.5 Å². The minimum Gasteiger partial charge on any atom is -0.467 e. The lowest BCUT2D eigenvalue weighted by atomic mass is 9.77. The average molecular weight is 593 g/mol. The maximum Gasteiger partial charge on any atom is 0.215 e. The third kappa shape index (κ3) is 9.00. The highest BCUT2D eigenvalue weighted by Gasteiger charge is 2.51. The van der Waals surface area contributed by atoms with Gasteiger partial charge in [0.05, 0.1) is 44.1 Å². The zero-order valence-corrected chi connectivity index (χ0v) is 24.0. The van der Waals surface area contributed by atoms with E-state index in [4.69, 9.17) is 47.0 Å². The molecular formula is C26H52N6O9. The molecule has 0 radical (unpaired) electrons. The molecule has 3 aliphatic rings. The molecular weight excluding hydrogens is 540 g/mol. The summed E-state index contributed by atoms with van der Waals surface area (Å²) < 4.78 is 24.1. The number of ether oxygens (including phenoxy) is 4. The predicted molar refractivity (Wildman–Crippen MR) is 149 cm³/mol. The number of rotatable bonds is 14. The molecule has 0 aromatic heterocycles. The summed E-state index contributed by atoms with van der Waals surface area (Å²) in [4.78, 5) is 0. The SMILES string of the molecule is CN[C@@H]1[C@@H](O)[C@@H](O[C@H]2[C@H](CCC(O)CN)C[C@H](N)C(O[C@H]3OC(CNCC(N)CO)=CC[C@H]3N)[C@@H]2O)OC[C@]1(C)O. The van der Waals surface area contributed by atoms with Crippen LogP contribution in [0.4, 0.5) is 0 Å². The molecule has 1 saturated heterocycles. The average Bonchev–Trinajstić information content (AvgIpc) is 2.93. The number of hydrogen-bond acceptors (Lipinski definition) is 15. The van der Waals surface area contributed by atoms with Crippen LogP contribution in [0.15, 0.2) is 11.8 Å². The molecule has 3 rings (SSSR count). The molecule has 0 aromatic carbocycles. The minimum absolute atomic E-state index is 0.0928. The van der Waals surface area contributed by atoms with Crippen LogP contribution < -0.4 is 33.6 Å². The first-order chi connectivity index (χ1) is 19.4. The van der Waals surface area contributed by atoms with E-state index in [-0.39, 0.29) is 25.7 Å². The largest absolute Gasteiger partial charge is 0.467 e. The highest BCUT2D eigenvalue weighted by molar-refractivity contribution is 5.04. The molecule has 3 unspecified atom stereocenters. The van der Waals surface area contributed by atoms with Crippen molar-refractivity contribution in [2.24, 2.45) is 28.9 Å². The second kappa shape index (κ2) is 15.6. The lowest BCUT2D eigenvalue weighted by molar-refractivity contribution is -0.308. The Balaban J connectivity index is 1.72. The van der Waals surface area contributed by atoms with Crippen LogP contribution in [0.25, 0.3) is 0 Å². The lowest BCUT2D eigenvalue weighted by Crippen LogP contribution is -2.67. The molecule has 0 spiro atoms. The summed E-state index contributed by atoms with van der Waals surface area (Å²) in [7, 11) is 1.62. The van der Waals surface area contributed by atoms with Crippen molar-refractivity contribution in [2.75, 3.05) is 39.9 Å². The number of aliphatic hydroxyl groups excluding tert-OH is 4. The Bertz CT molecular complexity index is 826. The predicted octanol–water partition coefficient (Wildman–Crippen LogP) is -4.51. The first-order valence-electron chi connectivity index (χ1n) is 14.4. The number of nitrogens with one attached hydrogen (secondary N) is 2. The summed E-state index contributed by atoms with van der Waals surface area (Å²) in [5.74, 6) is 0.273. The van der Waals surface area contributed by atoms with Crippen molar-refractivity contribution >= 4 is 0 Å². The van der Waals surface area contributed by atoms with Gasteiger partial charge in [0, 0.05) is 25.2 Å². The fourth-order valence-electron chi connectivity index (χ4n) is 5.74. The van der Waals surface area contributed by atoms with Crippen LogP contribution in [0.5, 0.6) is 0 Å². The molecule has 15 heteroatoms. The molecule has 240 valence electrons. The molecule has 2 aliphatic heterocycles. The molecule has 15 N–H and O–H groups in total. The Morgan fingerprint density at radius 3 is 2.51 bits per heavy atom. The van der Waals surface area contributed by atoms with Crippen LogP contribution >= 0.6 is 0 Å². The summed E-state index contributed by atoms with van der Waals surface area (Å²) in [6.45, 7) is 2.14. The zero-order valence-electron chi connectivity index (χ0n) is 24.0. The van der Waals surface area contributed by atoms with Gasteiger partial charge in [-0.3, -0.25) is 0 Å². The van der Waals surface area contributed by atoms with Crippen molar-refractivity contribution in [1.82, 2.24) is 10.6 Å². The van der Waals surface area contributed by atoms with Gasteiger partial charge in [-0.2, -0.15) is 0 Å². The second-order valence-corrected chi connectivity index (χ2v) is 11.7. The van der Waals surface area contributed by atoms with Gasteiger partial charge in [0.2, 0.25) is 6.29 Å². The standard InChI is InChI=1S/C26H52N6O9/c1-26(37)12-38-25(20(36)23(26)31-2)40-21-13(3-4-15(34)8-27)7-18(30)22(19(21)35)41-24-17(29)6-5-16(39-24)10-32-9-14(28)11-33/h5,13-15,17-25,31-37H,3-4,6-12,27-30H2,1-2H3/t13-,14?,15?,17-,18+,19-,20-,21+,22?,23-,24-,25-,26+/m1/s1. The Labute approximate surface area is 241 Å². The number of likely N-dealkylation sites (N-methyl/N-ethyl adjacent to an activating group) is 1. The van der Waals surface area contributed by atoms with Crippen LogP contribution in [-0.4, -0.2) is 138 Å². The van der Waals surface area contributed by atoms with Gasteiger partial charge < -0.3 is 78.0 Å². The lowest BCUT2D eigenvalue weighted by Gasteiger charge is -2.49. The van der Waals surface area contributed by atoms with Crippen molar-refractivity contribution in [1.29, 1.82) is 0 Å². The number of aliphatic hydroxyl groups is 5. The molecule has 1 saturated carbocycles. The number of hydrogen-bond donors (Lipinski definition) is 11. The van der Waals surface area contributed by atoms with Crippen molar-refractivity contribution in [3.8, 4) is 0 Å². The third-order valence-corrected chi connectivity index (χ3v) is 8.18. The van der Waals surface area contributed by atoms with E-state index in [0.717, 1.165) is 0 Å². The van der Waals surface area contributed by atoms with Gasteiger partial charge in [-0.25, -0.2) is 0 Å². The quantitative estimate of drug-likeness (QED) is 0.0907. The Kier molecular flexibility index (Phi) is 13.1. The van der Waals surface area contributed by atoms with Gasteiger partial charge in [-0.15, -0.1) is 0 Å². The van der Waals surface area contributed by atoms with Gasteiger partial charge in [0.1, 0.15) is 29.7 Å². The molecule has 41 heavy (non-hydrogen) atoms. The highest BCUT2D eigenvalue weighted by Crippen LogP contribution is 2.36. The third-order valence-electron chi connectivity index (χ3n) is 8.18. The molecule has 0 amide bonds. The van der Waals surface area contributed by atoms with Crippen LogP contribution in [0, 0.1) is 5.92 Å². The second-order valence-electron chi connectivity index (χ2n) is 11.7. The van der Waals surface area contributed by atoms with Gasteiger partial charge in [-0.1, -0.05) is 0 Å². The summed E-state index contributed by atoms with van der Waals surface area (Å²) in [6, 6.07) is -2.27. The highest BCUT2D eigenvalue weighted by atomic mass is 16.7. The van der Waals surface area contributed by atoms with E-state index in [1.165, 1.54) is 0 Å². The fraction of sp³-hybridized carbons (Fsp3) is 0.923. The van der Waals surface area contributed by atoms with Crippen molar-refractivity contribution in [3.63, 3.8) is 0 Å². The van der Waals surface area contributed by atoms with Crippen LogP contribution in [-0.2, 0) is 18.9 Å². The summed E-state index contributed by atoms with van der Waals surface area (Å²) in [5, 5.41) is 58.3. The Morgan fingerprint density at radius 1 is 1.15 bits per heavy atom. The molecule has 2 fully saturated rings. The Morgan fingerprint density at radius 2 is 1.85 bits per heavy atom. The summed E-state index contributed by atoms with van der Waals surface area (Å²) >= 11 is 0. The van der Waals surface area contributed by atoms with Crippen LogP contribution in [0.1, 0.15) is 32.6 Å². The van der Waals surface area contributed by atoms with Crippen LogP contribution in [0.2, 0.25) is 0 Å². The van der Waals surface area contributed by atoms with Crippen molar-refractivity contribution in [2.45, 2.75) is 105 Å². The topological polar surface area (TPSA) is 266 Å². The fourth-order valence-corrected chi connectivity index (χ4v) is 5.74.